The van der Waals surface area contributed by atoms with Crippen molar-refractivity contribution in [3.8, 4) is 16.9 Å². The van der Waals surface area contributed by atoms with E-state index in [0.717, 1.165) is 9.77 Å². The van der Waals surface area contributed by atoms with Crippen LogP contribution in [0.15, 0.2) is 28.5 Å². The zero-order valence-electron chi connectivity index (χ0n) is 18.2. The molecule has 0 atom stereocenters. The van der Waals surface area contributed by atoms with Crippen molar-refractivity contribution in [2.45, 2.75) is 37.5 Å². The molecular formula is C22H26N2O5S2. The summed E-state index contributed by atoms with van der Waals surface area (Å²) in [6.45, 7) is 15.6. The summed E-state index contributed by atoms with van der Waals surface area (Å²) in [4.78, 5) is 28.1. The number of alkyl carbamates (subject to hydrolysis) is 1. The molecule has 0 unspecified atom stereocenters. The van der Waals surface area contributed by atoms with Gasteiger partial charge in [0.05, 0.1) is 23.9 Å². The molecule has 9 heteroatoms. The number of hydrogen-bond donors (Lipinski definition) is 1. The maximum atomic E-state index is 12.4. The van der Waals surface area contributed by atoms with Crippen LogP contribution in [-0.4, -0.2) is 43.7 Å². The van der Waals surface area contributed by atoms with Gasteiger partial charge in [0.15, 0.2) is 0 Å². The van der Waals surface area contributed by atoms with Crippen molar-refractivity contribution in [2.75, 3.05) is 26.0 Å². The average molecular weight is 463 g/mol. The van der Waals surface area contributed by atoms with Crippen molar-refractivity contribution in [3.63, 3.8) is 0 Å². The molecule has 31 heavy (non-hydrogen) atoms. The van der Waals surface area contributed by atoms with E-state index in [1.807, 2.05) is 6.26 Å². The second-order valence-electron chi connectivity index (χ2n) is 7.28. The first-order valence-corrected chi connectivity index (χ1v) is 11.7. The lowest BCUT2D eigenvalue weighted by Crippen LogP contribution is -2.34. The van der Waals surface area contributed by atoms with Crippen molar-refractivity contribution >= 4 is 40.8 Å². The second-order valence-corrected chi connectivity index (χ2v) is 9.38. The lowest BCUT2D eigenvalue weighted by atomic mass is 10.0. The summed E-state index contributed by atoms with van der Waals surface area (Å²) in [7, 11) is 0. The van der Waals surface area contributed by atoms with Crippen LogP contribution >= 0.6 is 23.1 Å². The van der Waals surface area contributed by atoms with Crippen molar-refractivity contribution in [3.05, 3.63) is 40.6 Å². The molecule has 1 amide bonds. The Bertz CT molecular complexity index is 956. The molecule has 0 saturated heterocycles. The smallest absolute Gasteiger partial charge is 0.407 e. The highest BCUT2D eigenvalue weighted by atomic mass is 32.2. The average Bonchev–Trinajstić information content (AvgIpc) is 3.09. The van der Waals surface area contributed by atoms with Gasteiger partial charge >= 0.3 is 12.1 Å². The normalized spacial score (nSPS) is 10.8. The van der Waals surface area contributed by atoms with Crippen LogP contribution in [0.3, 0.4) is 0 Å². The van der Waals surface area contributed by atoms with Gasteiger partial charge in [-0.05, 0) is 51.6 Å². The Morgan fingerprint density at radius 2 is 1.90 bits per heavy atom. The summed E-state index contributed by atoms with van der Waals surface area (Å²) in [6.07, 6.45) is 1.38. The minimum Gasteiger partial charge on any atom is -0.492 e. The highest BCUT2D eigenvalue weighted by molar-refractivity contribution is 8.00. The van der Waals surface area contributed by atoms with E-state index in [4.69, 9.17) is 20.8 Å². The number of esters is 1. The number of nitrogens with one attached hydrogen (secondary N) is 1. The van der Waals surface area contributed by atoms with E-state index < -0.39 is 17.7 Å². The summed E-state index contributed by atoms with van der Waals surface area (Å²) in [5, 5.41) is 2.63. The first-order chi connectivity index (χ1) is 14.7. The van der Waals surface area contributed by atoms with E-state index in [0.29, 0.717) is 28.4 Å². The number of thiophene rings is 1. The van der Waals surface area contributed by atoms with Crippen molar-refractivity contribution in [1.29, 1.82) is 0 Å². The molecule has 1 N–H and O–H groups in total. The number of ether oxygens (including phenoxy) is 3. The van der Waals surface area contributed by atoms with Crippen LogP contribution in [0.2, 0.25) is 0 Å². The lowest BCUT2D eigenvalue weighted by molar-refractivity contribution is 0.0514. The van der Waals surface area contributed by atoms with Crippen LogP contribution in [0.5, 0.6) is 5.75 Å². The molecule has 0 aliphatic carbocycles. The third-order valence-electron chi connectivity index (χ3n) is 3.79. The Balaban J connectivity index is 2.10. The molecule has 2 rings (SSSR count). The number of carbonyl (C=O) groups is 2. The molecule has 1 aromatic heterocycles. The van der Waals surface area contributed by atoms with Crippen LogP contribution in [0.25, 0.3) is 16.0 Å². The SMILES string of the molecule is [C-]#[N+]c1c(SC)sc(C(=O)OCC)c1-c1ccc(OCCNC(=O)OC(C)(C)C)cc1. The van der Waals surface area contributed by atoms with Crippen molar-refractivity contribution < 1.29 is 23.8 Å². The van der Waals surface area contributed by atoms with Gasteiger partial charge in [-0.1, -0.05) is 12.1 Å². The quantitative estimate of drug-likeness (QED) is 0.232. The summed E-state index contributed by atoms with van der Waals surface area (Å²) >= 11 is 2.71. The van der Waals surface area contributed by atoms with Crippen LogP contribution < -0.4 is 10.1 Å². The van der Waals surface area contributed by atoms with E-state index in [9.17, 15) is 9.59 Å². The minimum absolute atomic E-state index is 0.266. The molecular weight excluding hydrogens is 436 g/mol. The van der Waals surface area contributed by atoms with E-state index in [1.165, 1.54) is 23.1 Å². The molecule has 0 bridgehead atoms. The van der Waals surface area contributed by atoms with Gasteiger partial charge in [0, 0.05) is 5.56 Å². The fraction of sp³-hybridized carbons (Fsp3) is 0.409. The maximum absolute atomic E-state index is 12.4. The van der Waals surface area contributed by atoms with Gasteiger partial charge in [0.1, 0.15) is 22.8 Å². The maximum Gasteiger partial charge on any atom is 0.407 e. The molecule has 166 valence electrons. The van der Waals surface area contributed by atoms with E-state index >= 15 is 0 Å². The summed E-state index contributed by atoms with van der Waals surface area (Å²) in [5.74, 6) is 0.179. The highest BCUT2D eigenvalue weighted by Crippen LogP contribution is 2.47. The third-order valence-corrected chi connectivity index (χ3v) is 6.06. The van der Waals surface area contributed by atoms with Crippen LogP contribution in [0.4, 0.5) is 10.5 Å². The molecule has 7 nitrogen and oxygen atoms in total. The minimum atomic E-state index is -0.550. The number of rotatable bonds is 8. The van der Waals surface area contributed by atoms with Crippen LogP contribution in [0, 0.1) is 6.57 Å². The Kier molecular flexibility index (Phi) is 8.77. The lowest BCUT2D eigenvalue weighted by Gasteiger charge is -2.19. The monoisotopic (exact) mass is 462 g/mol. The van der Waals surface area contributed by atoms with Gasteiger partial charge < -0.3 is 19.5 Å². The Labute approximate surface area is 190 Å². The van der Waals surface area contributed by atoms with Gasteiger partial charge in [0.25, 0.3) is 0 Å². The highest BCUT2D eigenvalue weighted by Gasteiger charge is 2.25. The number of thioether (sulfide) groups is 1. The number of hydrogen-bond acceptors (Lipinski definition) is 7. The number of benzene rings is 1. The number of nitrogens with zero attached hydrogens (tertiary/aromatic N) is 1. The first kappa shape index (κ1) is 24.6. The fourth-order valence-corrected chi connectivity index (χ4v) is 4.42. The van der Waals surface area contributed by atoms with Gasteiger partial charge in [-0.3, -0.25) is 0 Å². The van der Waals surface area contributed by atoms with Gasteiger partial charge in [-0.25, -0.2) is 14.4 Å². The standard InChI is InChI=1S/C22H26N2O5S2/c1-7-27-19(25)18-16(17(23-5)20(30-6)31-18)14-8-10-15(11-9-14)28-13-12-24-21(26)29-22(2,3)4/h8-11H,7,12-13H2,1-4,6H3,(H,24,26). The molecule has 0 fully saturated rings. The largest absolute Gasteiger partial charge is 0.492 e. The predicted molar refractivity (Wildman–Crippen MR) is 123 cm³/mol. The van der Waals surface area contributed by atoms with Crippen LogP contribution in [-0.2, 0) is 9.47 Å². The Morgan fingerprint density at radius 1 is 1.23 bits per heavy atom. The number of carbonyl (C=O) groups excluding carboxylic acids is 2. The zero-order chi connectivity index (χ0) is 23.0. The van der Waals surface area contributed by atoms with E-state index in [-0.39, 0.29) is 13.2 Å². The molecule has 2 aromatic rings. The van der Waals surface area contributed by atoms with Crippen molar-refractivity contribution in [1.82, 2.24) is 5.32 Å². The predicted octanol–water partition coefficient (Wildman–Crippen LogP) is 5.77. The van der Waals surface area contributed by atoms with E-state index in [1.54, 1.807) is 52.0 Å². The first-order valence-electron chi connectivity index (χ1n) is 9.65. The molecule has 1 aromatic carbocycles. The fourth-order valence-electron chi connectivity index (χ4n) is 2.60. The number of amides is 1. The molecule has 0 spiro atoms. The van der Waals surface area contributed by atoms with Gasteiger partial charge in [-0.15, -0.1) is 23.1 Å². The summed E-state index contributed by atoms with van der Waals surface area (Å²) in [5.41, 5.74) is 1.23. The summed E-state index contributed by atoms with van der Waals surface area (Å²) < 4.78 is 16.8. The third kappa shape index (κ3) is 6.91. The van der Waals surface area contributed by atoms with Crippen LogP contribution in [0.1, 0.15) is 37.4 Å². The van der Waals surface area contributed by atoms with Gasteiger partial charge in [-0.2, -0.15) is 0 Å². The molecule has 1 heterocycles. The molecule has 0 aliphatic heterocycles. The zero-order valence-corrected chi connectivity index (χ0v) is 19.9. The van der Waals surface area contributed by atoms with Gasteiger partial charge in [0.2, 0.25) is 5.69 Å². The topological polar surface area (TPSA) is 78.2 Å². The summed E-state index contributed by atoms with van der Waals surface area (Å²) in [6, 6.07) is 7.14. The van der Waals surface area contributed by atoms with E-state index in [2.05, 4.69) is 10.2 Å². The molecule has 0 aliphatic rings. The van der Waals surface area contributed by atoms with Crippen molar-refractivity contribution in [2.24, 2.45) is 0 Å². The molecule has 0 radical (unpaired) electrons. The molecule has 0 saturated carbocycles. The Hall–Kier alpha value is -2.70. The second kappa shape index (κ2) is 11.1. The Morgan fingerprint density at radius 3 is 2.45 bits per heavy atom.